The summed E-state index contributed by atoms with van der Waals surface area (Å²) in [4.78, 5) is 18.1. The summed E-state index contributed by atoms with van der Waals surface area (Å²) in [6, 6.07) is 5.92. The SMILES string of the molecule is COc1ccc2c(c1)nc1n2CCCN1CC(C)C(N)=O. The molecule has 6 heteroatoms. The molecule has 2 aromatic rings. The van der Waals surface area contributed by atoms with Crippen LogP contribution in [0.4, 0.5) is 5.95 Å². The summed E-state index contributed by atoms with van der Waals surface area (Å²) < 4.78 is 7.45. The Hall–Kier alpha value is -2.24. The van der Waals surface area contributed by atoms with Crippen LogP contribution in [0.1, 0.15) is 13.3 Å². The van der Waals surface area contributed by atoms with E-state index in [9.17, 15) is 4.79 Å². The minimum absolute atomic E-state index is 0.189. The number of carbonyl (C=O) groups excluding carboxylic acids is 1. The zero-order valence-electron chi connectivity index (χ0n) is 12.4. The van der Waals surface area contributed by atoms with Crippen LogP contribution in [0, 0.1) is 5.92 Å². The third-order valence-electron chi connectivity index (χ3n) is 4.01. The smallest absolute Gasteiger partial charge is 0.222 e. The van der Waals surface area contributed by atoms with Crippen LogP contribution in [0.15, 0.2) is 18.2 Å². The molecule has 112 valence electrons. The third kappa shape index (κ3) is 2.41. The molecule has 1 aliphatic heterocycles. The van der Waals surface area contributed by atoms with Gasteiger partial charge >= 0.3 is 0 Å². The molecular weight excluding hydrogens is 268 g/mol. The van der Waals surface area contributed by atoms with Gasteiger partial charge in [-0.1, -0.05) is 6.92 Å². The van der Waals surface area contributed by atoms with E-state index in [1.165, 1.54) is 0 Å². The minimum Gasteiger partial charge on any atom is -0.497 e. The molecular formula is C15H20N4O2. The second-order valence-electron chi connectivity index (χ2n) is 5.52. The number of nitrogens with zero attached hydrogens (tertiary/aromatic N) is 3. The van der Waals surface area contributed by atoms with Crippen molar-refractivity contribution in [1.82, 2.24) is 9.55 Å². The number of amides is 1. The molecule has 1 aromatic carbocycles. The van der Waals surface area contributed by atoms with Crippen molar-refractivity contribution < 1.29 is 9.53 Å². The lowest BCUT2D eigenvalue weighted by Crippen LogP contribution is -2.39. The average molecular weight is 288 g/mol. The number of benzene rings is 1. The summed E-state index contributed by atoms with van der Waals surface area (Å²) >= 11 is 0. The molecule has 0 fully saturated rings. The molecule has 1 amide bonds. The van der Waals surface area contributed by atoms with E-state index in [-0.39, 0.29) is 11.8 Å². The number of nitrogens with two attached hydrogens (primary N) is 1. The van der Waals surface area contributed by atoms with Crippen molar-refractivity contribution in [1.29, 1.82) is 0 Å². The van der Waals surface area contributed by atoms with Gasteiger partial charge in [-0.05, 0) is 18.6 Å². The lowest BCUT2D eigenvalue weighted by molar-refractivity contribution is -0.121. The van der Waals surface area contributed by atoms with Gasteiger partial charge in [0.05, 0.1) is 24.1 Å². The Balaban J connectivity index is 1.99. The summed E-state index contributed by atoms with van der Waals surface area (Å²) in [5.41, 5.74) is 7.40. The van der Waals surface area contributed by atoms with Crippen molar-refractivity contribution in [2.45, 2.75) is 19.9 Å². The molecule has 2 N–H and O–H groups in total. The number of hydrogen-bond acceptors (Lipinski definition) is 4. The number of rotatable bonds is 4. The first kappa shape index (κ1) is 13.7. The lowest BCUT2D eigenvalue weighted by Gasteiger charge is -2.30. The number of carbonyl (C=O) groups is 1. The van der Waals surface area contributed by atoms with Crippen molar-refractivity contribution in [2.24, 2.45) is 11.7 Å². The number of anilines is 1. The molecule has 6 nitrogen and oxygen atoms in total. The van der Waals surface area contributed by atoms with Crippen molar-refractivity contribution in [3.63, 3.8) is 0 Å². The predicted molar refractivity (Wildman–Crippen MR) is 81.5 cm³/mol. The summed E-state index contributed by atoms with van der Waals surface area (Å²) in [5.74, 6) is 1.25. The van der Waals surface area contributed by atoms with E-state index in [0.29, 0.717) is 6.54 Å². The predicted octanol–water partition coefficient (Wildman–Crippen LogP) is 1.38. The van der Waals surface area contributed by atoms with Crippen LogP contribution in [0.2, 0.25) is 0 Å². The topological polar surface area (TPSA) is 73.4 Å². The van der Waals surface area contributed by atoms with Gasteiger partial charge < -0.3 is 19.9 Å². The van der Waals surface area contributed by atoms with Crippen LogP contribution in [0.5, 0.6) is 5.75 Å². The maximum absolute atomic E-state index is 11.3. The highest BCUT2D eigenvalue weighted by Gasteiger charge is 2.24. The second kappa shape index (κ2) is 5.27. The molecule has 1 atom stereocenters. The van der Waals surface area contributed by atoms with Gasteiger partial charge in [-0.2, -0.15) is 0 Å². The van der Waals surface area contributed by atoms with Crippen molar-refractivity contribution in [2.75, 3.05) is 25.1 Å². The number of ether oxygens (including phenoxy) is 1. The highest BCUT2D eigenvalue weighted by Crippen LogP contribution is 2.29. The number of aryl methyl sites for hydroxylation is 1. The van der Waals surface area contributed by atoms with Gasteiger partial charge in [-0.15, -0.1) is 0 Å². The third-order valence-corrected chi connectivity index (χ3v) is 4.01. The Bertz CT molecular complexity index is 680. The molecule has 3 rings (SSSR count). The number of primary amides is 1. The van der Waals surface area contributed by atoms with Crippen LogP contribution in [-0.4, -0.2) is 35.7 Å². The van der Waals surface area contributed by atoms with Gasteiger partial charge in [0.2, 0.25) is 11.9 Å². The van der Waals surface area contributed by atoms with Gasteiger partial charge in [-0.25, -0.2) is 4.98 Å². The van der Waals surface area contributed by atoms with Crippen LogP contribution in [0.3, 0.4) is 0 Å². The van der Waals surface area contributed by atoms with E-state index in [4.69, 9.17) is 15.5 Å². The maximum atomic E-state index is 11.3. The van der Waals surface area contributed by atoms with Crippen LogP contribution in [-0.2, 0) is 11.3 Å². The van der Waals surface area contributed by atoms with Crippen LogP contribution < -0.4 is 15.4 Å². The molecule has 2 heterocycles. The van der Waals surface area contributed by atoms with Crippen molar-refractivity contribution >= 4 is 22.9 Å². The fourth-order valence-corrected chi connectivity index (χ4v) is 2.80. The van der Waals surface area contributed by atoms with Gasteiger partial charge in [0.1, 0.15) is 5.75 Å². The number of fused-ring (bicyclic) bond motifs is 3. The fourth-order valence-electron chi connectivity index (χ4n) is 2.80. The van der Waals surface area contributed by atoms with E-state index in [2.05, 4.69) is 9.47 Å². The fraction of sp³-hybridized carbons (Fsp3) is 0.467. The van der Waals surface area contributed by atoms with Crippen molar-refractivity contribution in [3.8, 4) is 5.75 Å². The minimum atomic E-state index is -0.273. The molecule has 1 unspecified atom stereocenters. The Morgan fingerprint density at radius 2 is 2.29 bits per heavy atom. The first-order chi connectivity index (χ1) is 10.1. The molecule has 21 heavy (non-hydrogen) atoms. The molecule has 0 saturated carbocycles. The number of methoxy groups -OCH3 is 1. The molecule has 0 spiro atoms. The standard InChI is InChI=1S/C15H20N4O2/c1-10(14(16)20)9-18-6-3-7-19-13-5-4-11(21-2)8-12(13)17-15(18)19/h4-5,8,10H,3,6-7,9H2,1-2H3,(H2,16,20). The quantitative estimate of drug-likeness (QED) is 0.922. The summed E-state index contributed by atoms with van der Waals surface area (Å²) in [7, 11) is 1.65. The lowest BCUT2D eigenvalue weighted by atomic mass is 10.1. The maximum Gasteiger partial charge on any atom is 0.222 e. The van der Waals surface area contributed by atoms with Gasteiger partial charge in [0.25, 0.3) is 0 Å². The van der Waals surface area contributed by atoms with E-state index in [1.54, 1.807) is 7.11 Å². The molecule has 0 aliphatic carbocycles. The Morgan fingerprint density at radius 1 is 1.48 bits per heavy atom. The Kier molecular flexibility index (Phi) is 3.45. The van der Waals surface area contributed by atoms with Crippen molar-refractivity contribution in [3.05, 3.63) is 18.2 Å². The zero-order chi connectivity index (χ0) is 15.0. The van der Waals surface area contributed by atoms with Crippen LogP contribution >= 0.6 is 0 Å². The second-order valence-corrected chi connectivity index (χ2v) is 5.52. The summed E-state index contributed by atoms with van der Waals surface area (Å²) in [6.45, 7) is 4.31. The van der Waals surface area contributed by atoms with Crippen LogP contribution in [0.25, 0.3) is 11.0 Å². The van der Waals surface area contributed by atoms with Gasteiger partial charge in [-0.3, -0.25) is 4.79 Å². The molecule has 1 aromatic heterocycles. The molecule has 0 bridgehead atoms. The molecule has 0 saturated heterocycles. The first-order valence-electron chi connectivity index (χ1n) is 7.18. The normalized spacial score (nSPS) is 15.8. The van der Waals surface area contributed by atoms with E-state index in [1.807, 2.05) is 25.1 Å². The van der Waals surface area contributed by atoms with E-state index in [0.717, 1.165) is 42.2 Å². The summed E-state index contributed by atoms with van der Waals surface area (Å²) in [6.07, 6.45) is 1.04. The summed E-state index contributed by atoms with van der Waals surface area (Å²) in [5, 5.41) is 0. The molecule has 1 aliphatic rings. The van der Waals surface area contributed by atoms with E-state index >= 15 is 0 Å². The Morgan fingerprint density at radius 3 is 3.00 bits per heavy atom. The number of hydrogen-bond donors (Lipinski definition) is 1. The average Bonchev–Trinajstić information content (AvgIpc) is 2.85. The Labute approximate surface area is 123 Å². The largest absolute Gasteiger partial charge is 0.497 e. The van der Waals surface area contributed by atoms with Gasteiger partial charge in [0, 0.05) is 25.7 Å². The first-order valence-corrected chi connectivity index (χ1v) is 7.18. The van der Waals surface area contributed by atoms with E-state index < -0.39 is 0 Å². The zero-order valence-corrected chi connectivity index (χ0v) is 12.4. The van der Waals surface area contributed by atoms with Gasteiger partial charge in [0.15, 0.2) is 0 Å². The highest BCUT2D eigenvalue weighted by molar-refractivity contribution is 5.81. The molecule has 0 radical (unpaired) electrons. The monoisotopic (exact) mass is 288 g/mol. The number of aromatic nitrogens is 2. The number of imidazole rings is 1. The highest BCUT2D eigenvalue weighted by atomic mass is 16.5.